The van der Waals surface area contributed by atoms with E-state index in [9.17, 15) is 0 Å². The van der Waals surface area contributed by atoms with Crippen LogP contribution < -0.4 is 5.32 Å². The van der Waals surface area contributed by atoms with Gasteiger partial charge in [0, 0.05) is 13.1 Å². The number of aliphatic hydroxyl groups excluding tert-OH is 1. The third-order valence-electron chi connectivity index (χ3n) is 2.67. The maximum Gasteiger partial charge on any atom is 0.0701 e. The van der Waals surface area contributed by atoms with Gasteiger partial charge in [-0.05, 0) is 24.8 Å². The summed E-state index contributed by atoms with van der Waals surface area (Å²) in [6, 6.07) is 0. The van der Waals surface area contributed by atoms with E-state index in [1.165, 1.54) is 24.8 Å². The number of rotatable bonds is 10. The van der Waals surface area contributed by atoms with Crippen LogP contribution >= 0.6 is 0 Å². The molecule has 4 heteroatoms. The lowest BCUT2D eigenvalue weighted by molar-refractivity contribution is 0.0342. The second-order valence-corrected chi connectivity index (χ2v) is 4.24. The van der Waals surface area contributed by atoms with E-state index < -0.39 is 0 Å². The van der Waals surface area contributed by atoms with Crippen LogP contribution in [0.5, 0.6) is 0 Å². The van der Waals surface area contributed by atoms with Crippen molar-refractivity contribution >= 4 is 0 Å². The fourth-order valence-electron chi connectivity index (χ4n) is 1.72. The first-order valence-corrected chi connectivity index (χ1v) is 6.76. The van der Waals surface area contributed by atoms with Crippen LogP contribution in [0.15, 0.2) is 23.8 Å². The molecule has 104 valence electrons. The average Bonchev–Trinajstić information content (AvgIpc) is 2.65. The monoisotopic (exact) mass is 255 g/mol. The highest BCUT2D eigenvalue weighted by Crippen LogP contribution is 2.08. The third-order valence-corrected chi connectivity index (χ3v) is 2.67. The van der Waals surface area contributed by atoms with Crippen LogP contribution in [0.3, 0.4) is 0 Å². The van der Waals surface area contributed by atoms with Crippen LogP contribution in [0.4, 0.5) is 0 Å². The Hall–Kier alpha value is -0.680. The molecule has 0 unspecified atom stereocenters. The van der Waals surface area contributed by atoms with Crippen LogP contribution in [0.25, 0.3) is 0 Å². The van der Waals surface area contributed by atoms with E-state index >= 15 is 0 Å². The number of nitrogens with one attached hydrogen (secondary N) is 1. The topological polar surface area (TPSA) is 50.7 Å². The van der Waals surface area contributed by atoms with Crippen LogP contribution in [0.2, 0.25) is 0 Å². The molecule has 1 aliphatic rings. The number of hydrogen-bond donors (Lipinski definition) is 2. The molecule has 0 saturated heterocycles. The zero-order valence-electron chi connectivity index (χ0n) is 11.1. The van der Waals surface area contributed by atoms with E-state index in [1.807, 2.05) is 0 Å². The summed E-state index contributed by atoms with van der Waals surface area (Å²) in [6.45, 7) is 4.07. The second-order valence-electron chi connectivity index (χ2n) is 4.24. The van der Waals surface area contributed by atoms with Crippen molar-refractivity contribution in [3.05, 3.63) is 23.8 Å². The van der Waals surface area contributed by atoms with Gasteiger partial charge in [0.15, 0.2) is 0 Å². The fourth-order valence-corrected chi connectivity index (χ4v) is 1.72. The van der Waals surface area contributed by atoms with Crippen molar-refractivity contribution in [2.24, 2.45) is 0 Å². The van der Waals surface area contributed by atoms with Gasteiger partial charge in [0.05, 0.1) is 33.0 Å². The zero-order chi connectivity index (χ0) is 12.9. The quantitative estimate of drug-likeness (QED) is 0.577. The van der Waals surface area contributed by atoms with Crippen molar-refractivity contribution in [2.75, 3.05) is 46.1 Å². The smallest absolute Gasteiger partial charge is 0.0701 e. The van der Waals surface area contributed by atoms with Crippen molar-refractivity contribution in [2.45, 2.75) is 19.3 Å². The predicted octanol–water partition coefficient (Wildman–Crippen LogP) is 1.27. The van der Waals surface area contributed by atoms with Gasteiger partial charge in [-0.1, -0.05) is 18.2 Å². The molecule has 0 bridgehead atoms. The van der Waals surface area contributed by atoms with Crippen molar-refractivity contribution in [3.8, 4) is 0 Å². The molecule has 0 aromatic heterocycles. The Labute approximate surface area is 110 Å². The summed E-state index contributed by atoms with van der Waals surface area (Å²) in [5.74, 6) is 0. The maximum absolute atomic E-state index is 8.50. The number of hydrogen-bond acceptors (Lipinski definition) is 4. The molecule has 0 aliphatic heterocycles. The van der Waals surface area contributed by atoms with Crippen LogP contribution in [-0.2, 0) is 9.47 Å². The SMILES string of the molecule is OCCOCCOCCNCC1=CCCCC=C1. The molecule has 2 N–H and O–H groups in total. The van der Waals surface area contributed by atoms with Gasteiger partial charge < -0.3 is 19.9 Å². The normalized spacial score (nSPS) is 15.5. The van der Waals surface area contributed by atoms with Crippen LogP contribution in [-0.4, -0.2) is 51.2 Å². The van der Waals surface area contributed by atoms with E-state index in [4.69, 9.17) is 14.6 Å². The molecule has 0 atom stereocenters. The molecule has 1 aliphatic carbocycles. The molecule has 18 heavy (non-hydrogen) atoms. The molecule has 0 saturated carbocycles. The Morgan fingerprint density at radius 2 is 1.94 bits per heavy atom. The van der Waals surface area contributed by atoms with E-state index in [0.717, 1.165) is 13.1 Å². The minimum atomic E-state index is 0.0736. The Bertz CT molecular complexity index is 251. The summed E-state index contributed by atoms with van der Waals surface area (Å²) in [4.78, 5) is 0. The van der Waals surface area contributed by atoms with Crippen LogP contribution in [0, 0.1) is 0 Å². The lowest BCUT2D eigenvalue weighted by Crippen LogP contribution is -2.22. The minimum absolute atomic E-state index is 0.0736. The highest BCUT2D eigenvalue weighted by atomic mass is 16.5. The van der Waals surface area contributed by atoms with Crippen LogP contribution in [0.1, 0.15) is 19.3 Å². The molecule has 0 radical (unpaired) electrons. The lowest BCUT2D eigenvalue weighted by atomic mass is 10.2. The third kappa shape index (κ3) is 8.42. The Balaban J connectivity index is 1.87. The second kappa shape index (κ2) is 11.4. The molecule has 0 spiro atoms. The minimum Gasteiger partial charge on any atom is -0.394 e. The zero-order valence-corrected chi connectivity index (χ0v) is 11.1. The molecule has 0 amide bonds. The highest BCUT2D eigenvalue weighted by molar-refractivity contribution is 5.21. The van der Waals surface area contributed by atoms with E-state index in [1.54, 1.807) is 0 Å². The first-order chi connectivity index (χ1) is 8.93. The average molecular weight is 255 g/mol. The summed E-state index contributed by atoms with van der Waals surface area (Å²) in [6.07, 6.45) is 10.4. The predicted molar refractivity (Wildman–Crippen MR) is 72.7 cm³/mol. The van der Waals surface area contributed by atoms with E-state index in [-0.39, 0.29) is 6.61 Å². The summed E-state index contributed by atoms with van der Waals surface area (Å²) >= 11 is 0. The molecular weight excluding hydrogens is 230 g/mol. The molecule has 0 aromatic carbocycles. The summed E-state index contributed by atoms with van der Waals surface area (Å²) in [5.41, 5.74) is 1.37. The first kappa shape index (κ1) is 15.4. The Morgan fingerprint density at radius 3 is 2.78 bits per heavy atom. The molecule has 1 rings (SSSR count). The van der Waals surface area contributed by atoms with Gasteiger partial charge in [0.2, 0.25) is 0 Å². The largest absolute Gasteiger partial charge is 0.394 e. The maximum atomic E-state index is 8.50. The van der Waals surface area contributed by atoms with Gasteiger partial charge in [-0.2, -0.15) is 0 Å². The van der Waals surface area contributed by atoms with E-state index in [0.29, 0.717) is 26.4 Å². The number of allylic oxidation sites excluding steroid dienone is 2. The molecule has 0 aromatic rings. The van der Waals surface area contributed by atoms with Gasteiger partial charge in [0.1, 0.15) is 0 Å². The number of ether oxygens (including phenoxy) is 2. The van der Waals surface area contributed by atoms with Gasteiger partial charge in [-0.25, -0.2) is 0 Å². The van der Waals surface area contributed by atoms with Gasteiger partial charge in [0.25, 0.3) is 0 Å². The van der Waals surface area contributed by atoms with Crippen molar-refractivity contribution in [3.63, 3.8) is 0 Å². The fraction of sp³-hybridized carbons (Fsp3) is 0.714. The highest BCUT2D eigenvalue weighted by Gasteiger charge is 1.96. The van der Waals surface area contributed by atoms with Crippen molar-refractivity contribution in [1.29, 1.82) is 0 Å². The lowest BCUT2D eigenvalue weighted by Gasteiger charge is -2.07. The standard InChI is InChI=1S/C14H25NO3/c16-8-10-18-12-11-17-9-7-15-13-14-5-3-1-2-4-6-14/h3,5-6,15-16H,1-2,4,7-13H2. The van der Waals surface area contributed by atoms with Crippen molar-refractivity contribution in [1.82, 2.24) is 5.32 Å². The van der Waals surface area contributed by atoms with Crippen molar-refractivity contribution < 1.29 is 14.6 Å². The van der Waals surface area contributed by atoms with Gasteiger partial charge in [-0.3, -0.25) is 0 Å². The molecular formula is C14H25NO3. The molecule has 0 heterocycles. The molecule has 4 nitrogen and oxygen atoms in total. The first-order valence-electron chi connectivity index (χ1n) is 6.76. The Kier molecular flexibility index (Phi) is 9.75. The Morgan fingerprint density at radius 1 is 1.11 bits per heavy atom. The summed E-state index contributed by atoms with van der Waals surface area (Å²) < 4.78 is 10.5. The summed E-state index contributed by atoms with van der Waals surface area (Å²) in [5, 5.41) is 11.9. The summed E-state index contributed by atoms with van der Waals surface area (Å²) in [7, 11) is 0. The molecule has 0 fully saturated rings. The van der Waals surface area contributed by atoms with Gasteiger partial charge in [-0.15, -0.1) is 0 Å². The van der Waals surface area contributed by atoms with Gasteiger partial charge >= 0.3 is 0 Å². The van der Waals surface area contributed by atoms with E-state index in [2.05, 4.69) is 23.5 Å². The number of aliphatic hydroxyl groups is 1.